The van der Waals surface area contributed by atoms with Crippen LogP contribution in [0.1, 0.15) is 24.2 Å². The molecular weight excluding hydrogens is 312 g/mol. The molecule has 0 saturated carbocycles. The summed E-state index contributed by atoms with van der Waals surface area (Å²) in [6.45, 7) is 1.96. The summed E-state index contributed by atoms with van der Waals surface area (Å²) >= 11 is 0. The maximum absolute atomic E-state index is 12.2. The summed E-state index contributed by atoms with van der Waals surface area (Å²) in [7, 11) is 1.66. The normalized spacial score (nSPS) is 12.8. The van der Waals surface area contributed by atoms with Crippen molar-refractivity contribution in [3.05, 3.63) is 65.7 Å². The maximum Gasteiger partial charge on any atom is 0.241 e. The third-order valence-electron chi connectivity index (χ3n) is 3.61. The van der Waals surface area contributed by atoms with E-state index in [0.717, 1.165) is 16.8 Å². The van der Waals surface area contributed by atoms with Gasteiger partial charge in [-0.05, 0) is 36.6 Å². The average molecular weight is 335 g/mol. The van der Waals surface area contributed by atoms with E-state index in [-0.39, 0.29) is 24.4 Å². The second kappa shape index (κ2) is 9.30. The van der Waals surface area contributed by atoms with Crippen molar-refractivity contribution in [3.8, 4) is 0 Å². The average Bonchev–Trinajstić information content (AvgIpc) is 2.55. The molecule has 2 rings (SSSR count). The lowest BCUT2D eigenvalue weighted by Gasteiger charge is -2.14. The number of anilines is 1. The molecule has 4 nitrogen and oxygen atoms in total. The van der Waals surface area contributed by atoms with Crippen molar-refractivity contribution in [1.82, 2.24) is 0 Å². The molecule has 1 unspecified atom stereocenters. The second-order valence-electron chi connectivity index (χ2n) is 5.29. The molecule has 0 aliphatic carbocycles. The highest BCUT2D eigenvalue weighted by Gasteiger charge is 2.14. The van der Waals surface area contributed by atoms with E-state index in [4.69, 9.17) is 10.5 Å². The van der Waals surface area contributed by atoms with E-state index in [1.54, 1.807) is 7.11 Å². The molecule has 0 bridgehead atoms. The summed E-state index contributed by atoms with van der Waals surface area (Å²) < 4.78 is 5.29. The van der Waals surface area contributed by atoms with Gasteiger partial charge in [-0.1, -0.05) is 42.5 Å². The molecule has 2 atom stereocenters. The Labute approximate surface area is 143 Å². The number of amides is 1. The Kier molecular flexibility index (Phi) is 7.75. The summed E-state index contributed by atoms with van der Waals surface area (Å²) in [6, 6.07) is 16.8. The predicted molar refractivity (Wildman–Crippen MR) is 95.9 cm³/mol. The molecule has 1 amide bonds. The Bertz CT molecular complexity index is 619. The first kappa shape index (κ1) is 19.2. The van der Waals surface area contributed by atoms with Crippen molar-refractivity contribution >= 4 is 24.0 Å². The molecule has 0 heterocycles. The van der Waals surface area contributed by atoms with E-state index in [1.807, 2.05) is 61.5 Å². The fourth-order valence-corrected chi connectivity index (χ4v) is 2.20. The van der Waals surface area contributed by atoms with Gasteiger partial charge < -0.3 is 15.8 Å². The summed E-state index contributed by atoms with van der Waals surface area (Å²) in [5.74, 6) is -0.189. The van der Waals surface area contributed by atoms with Crippen LogP contribution in [0.25, 0.3) is 0 Å². The van der Waals surface area contributed by atoms with Gasteiger partial charge >= 0.3 is 0 Å². The van der Waals surface area contributed by atoms with Crippen LogP contribution in [0.5, 0.6) is 0 Å². The first-order valence-electron chi connectivity index (χ1n) is 7.33. The number of ether oxygens (including phenoxy) is 1. The fraction of sp³-hybridized carbons (Fsp3) is 0.278. The van der Waals surface area contributed by atoms with E-state index in [9.17, 15) is 4.79 Å². The van der Waals surface area contributed by atoms with Crippen molar-refractivity contribution < 1.29 is 9.53 Å². The largest absolute Gasteiger partial charge is 0.377 e. The van der Waals surface area contributed by atoms with Gasteiger partial charge in [-0.25, -0.2) is 0 Å². The van der Waals surface area contributed by atoms with Crippen molar-refractivity contribution in [2.75, 3.05) is 12.4 Å². The van der Waals surface area contributed by atoms with Gasteiger partial charge in [0, 0.05) is 12.8 Å². The van der Waals surface area contributed by atoms with Gasteiger partial charge in [0.25, 0.3) is 0 Å². The van der Waals surface area contributed by atoms with E-state index >= 15 is 0 Å². The number of carbonyl (C=O) groups is 1. The molecule has 2 aromatic carbocycles. The third kappa shape index (κ3) is 5.67. The highest BCUT2D eigenvalue weighted by Crippen LogP contribution is 2.19. The number of halogens is 1. The Morgan fingerprint density at radius 1 is 1.17 bits per heavy atom. The van der Waals surface area contributed by atoms with E-state index in [0.29, 0.717) is 6.42 Å². The lowest BCUT2D eigenvalue weighted by Crippen LogP contribution is -2.37. The van der Waals surface area contributed by atoms with Gasteiger partial charge in [0.15, 0.2) is 0 Å². The Hall–Kier alpha value is -1.88. The van der Waals surface area contributed by atoms with Crippen LogP contribution in [-0.4, -0.2) is 19.1 Å². The number of hydrogen-bond acceptors (Lipinski definition) is 3. The van der Waals surface area contributed by atoms with Crippen LogP contribution >= 0.6 is 12.4 Å². The molecule has 0 radical (unpaired) electrons. The van der Waals surface area contributed by atoms with Crippen LogP contribution in [0.3, 0.4) is 0 Å². The fourth-order valence-electron chi connectivity index (χ4n) is 2.20. The number of nitrogens with one attached hydrogen (secondary N) is 1. The minimum absolute atomic E-state index is 0. The number of methoxy groups -OCH3 is 1. The third-order valence-corrected chi connectivity index (χ3v) is 3.61. The van der Waals surface area contributed by atoms with Crippen LogP contribution in [-0.2, 0) is 16.0 Å². The van der Waals surface area contributed by atoms with E-state index in [2.05, 4.69) is 5.32 Å². The van der Waals surface area contributed by atoms with Gasteiger partial charge in [0.1, 0.15) is 0 Å². The smallest absolute Gasteiger partial charge is 0.241 e. The van der Waals surface area contributed by atoms with Crippen LogP contribution in [0, 0.1) is 0 Å². The molecule has 2 aromatic rings. The Balaban J connectivity index is 0.00000264. The molecule has 124 valence electrons. The van der Waals surface area contributed by atoms with Gasteiger partial charge in [-0.15, -0.1) is 12.4 Å². The molecule has 0 saturated heterocycles. The number of benzene rings is 2. The number of hydrogen-bond donors (Lipinski definition) is 2. The summed E-state index contributed by atoms with van der Waals surface area (Å²) in [6.07, 6.45) is 0.496. The van der Waals surface area contributed by atoms with Crippen LogP contribution in [0.2, 0.25) is 0 Å². The van der Waals surface area contributed by atoms with Crippen LogP contribution in [0.4, 0.5) is 5.69 Å². The van der Waals surface area contributed by atoms with Crippen LogP contribution < -0.4 is 11.1 Å². The lowest BCUT2D eigenvalue weighted by molar-refractivity contribution is -0.117. The van der Waals surface area contributed by atoms with E-state index in [1.165, 1.54) is 0 Å². The molecule has 0 aliphatic rings. The zero-order valence-corrected chi connectivity index (χ0v) is 14.2. The van der Waals surface area contributed by atoms with E-state index < -0.39 is 6.04 Å². The minimum atomic E-state index is -0.578. The lowest BCUT2D eigenvalue weighted by atomic mass is 10.1. The Morgan fingerprint density at radius 2 is 1.87 bits per heavy atom. The maximum atomic E-state index is 12.2. The molecule has 0 aliphatic heterocycles. The van der Waals surface area contributed by atoms with Crippen LogP contribution in [0.15, 0.2) is 54.6 Å². The summed E-state index contributed by atoms with van der Waals surface area (Å²) in [5.41, 5.74) is 8.77. The molecule has 3 N–H and O–H groups in total. The first-order valence-corrected chi connectivity index (χ1v) is 7.33. The molecular formula is C18H23ClN2O2. The monoisotopic (exact) mass is 334 g/mol. The zero-order chi connectivity index (χ0) is 15.9. The standard InChI is InChI=1S/C18H22N2O2.ClH/c1-13(22-2)15-9-6-10-16(12-15)20-18(21)17(19)11-14-7-4-3-5-8-14;/h3-10,12-13,17H,11,19H2,1-2H3,(H,20,21);1H/t13?,17-;/m0./s1. The number of nitrogens with two attached hydrogens (primary N) is 1. The molecule has 0 spiro atoms. The number of carbonyl (C=O) groups excluding carboxylic acids is 1. The van der Waals surface area contributed by atoms with Gasteiger partial charge in [0.05, 0.1) is 12.1 Å². The highest BCUT2D eigenvalue weighted by molar-refractivity contribution is 5.94. The first-order chi connectivity index (χ1) is 10.6. The zero-order valence-electron chi connectivity index (χ0n) is 13.4. The SMILES string of the molecule is COC(C)c1cccc(NC(=O)[C@@H](N)Cc2ccccc2)c1.Cl. The molecule has 23 heavy (non-hydrogen) atoms. The van der Waals surface area contributed by atoms with Gasteiger partial charge in [0.2, 0.25) is 5.91 Å². The predicted octanol–water partition coefficient (Wildman–Crippen LogP) is 3.32. The summed E-state index contributed by atoms with van der Waals surface area (Å²) in [4.78, 5) is 12.2. The minimum Gasteiger partial charge on any atom is -0.377 e. The quantitative estimate of drug-likeness (QED) is 0.851. The molecule has 0 aromatic heterocycles. The van der Waals surface area contributed by atoms with Crippen molar-refractivity contribution in [3.63, 3.8) is 0 Å². The molecule has 0 fully saturated rings. The summed E-state index contributed by atoms with van der Waals surface area (Å²) in [5, 5.41) is 2.86. The Morgan fingerprint density at radius 3 is 2.52 bits per heavy atom. The topological polar surface area (TPSA) is 64.3 Å². The van der Waals surface area contributed by atoms with Gasteiger partial charge in [-0.2, -0.15) is 0 Å². The van der Waals surface area contributed by atoms with Crippen molar-refractivity contribution in [2.45, 2.75) is 25.5 Å². The second-order valence-corrected chi connectivity index (χ2v) is 5.29. The highest BCUT2D eigenvalue weighted by atomic mass is 35.5. The van der Waals surface area contributed by atoms with Crippen molar-refractivity contribution in [2.24, 2.45) is 5.73 Å². The van der Waals surface area contributed by atoms with Crippen molar-refractivity contribution in [1.29, 1.82) is 0 Å². The number of rotatable bonds is 6. The molecule has 5 heteroatoms. The van der Waals surface area contributed by atoms with Gasteiger partial charge in [-0.3, -0.25) is 4.79 Å².